The molecule has 0 heterocycles. The molecule has 3 N–H and O–H groups in total. The van der Waals surface area contributed by atoms with E-state index in [2.05, 4.69) is 10.3 Å². The van der Waals surface area contributed by atoms with Crippen LogP contribution in [0.3, 0.4) is 0 Å². The average molecular weight is 239 g/mol. The van der Waals surface area contributed by atoms with Crippen LogP contribution >= 0.6 is 0 Å². The highest BCUT2D eigenvalue weighted by molar-refractivity contribution is 5.75. The summed E-state index contributed by atoms with van der Waals surface area (Å²) in [5.41, 5.74) is 3.06. The van der Waals surface area contributed by atoms with E-state index in [9.17, 15) is 9.18 Å². The van der Waals surface area contributed by atoms with Crippen LogP contribution in [0.2, 0.25) is 0 Å². The summed E-state index contributed by atoms with van der Waals surface area (Å²) >= 11 is 0. The number of halogens is 1. The summed E-state index contributed by atoms with van der Waals surface area (Å²) in [5, 5.41) is 0. The number of nitrogens with one attached hydrogen (secondary N) is 1. The van der Waals surface area contributed by atoms with Crippen LogP contribution in [0.15, 0.2) is 24.3 Å². The molecule has 0 unspecified atom stereocenters. The average Bonchev–Trinajstić information content (AvgIpc) is 2.35. The molecule has 0 aliphatic rings. The molecule has 0 saturated heterocycles. The lowest BCUT2D eigenvalue weighted by molar-refractivity contribution is -0.121. The summed E-state index contributed by atoms with van der Waals surface area (Å²) in [5.74, 6) is 4.58. The van der Waals surface area contributed by atoms with Gasteiger partial charge in [0.05, 0.1) is 0 Å². The second kappa shape index (κ2) is 6.85. The van der Waals surface area contributed by atoms with Crippen LogP contribution in [0.25, 0.3) is 0 Å². The number of carbonyl (C=O) groups excluding carboxylic acids is 1. The molecule has 17 heavy (non-hydrogen) atoms. The number of hydrazine groups is 1. The quantitative estimate of drug-likeness (QED) is 0.448. The summed E-state index contributed by atoms with van der Waals surface area (Å²) in [6, 6.07) is 6.35. The normalized spacial score (nSPS) is 10.1. The van der Waals surface area contributed by atoms with Gasteiger partial charge in [-0.15, -0.1) is 0 Å². The molecular weight excluding hydrogens is 221 g/mol. The molecule has 0 aliphatic carbocycles. The third kappa shape index (κ3) is 4.40. The van der Waals surface area contributed by atoms with E-state index in [-0.39, 0.29) is 11.7 Å². The van der Waals surface area contributed by atoms with Crippen LogP contribution in [-0.4, -0.2) is 19.0 Å². The predicted molar refractivity (Wildman–Crippen MR) is 65.9 cm³/mol. The second-order valence-corrected chi connectivity index (χ2v) is 3.73. The van der Waals surface area contributed by atoms with Gasteiger partial charge in [-0.05, 0) is 37.6 Å². The first-order valence-corrected chi connectivity index (χ1v) is 5.67. The lowest BCUT2D eigenvalue weighted by atomic mass is 10.2. The highest BCUT2D eigenvalue weighted by Crippen LogP contribution is 2.15. The van der Waals surface area contributed by atoms with Gasteiger partial charge in [0.1, 0.15) is 5.82 Å². The Morgan fingerprint density at radius 2 is 2.06 bits per heavy atom. The molecule has 4 nitrogen and oxygen atoms in total. The van der Waals surface area contributed by atoms with Gasteiger partial charge >= 0.3 is 0 Å². The fraction of sp³-hybridized carbons (Fsp3) is 0.417. The van der Waals surface area contributed by atoms with E-state index >= 15 is 0 Å². The van der Waals surface area contributed by atoms with E-state index in [1.54, 1.807) is 12.1 Å². The standard InChI is InChI=1S/C12H18FN3O/c1-2-16(9-3-4-12(17)15-14)11-7-5-10(13)6-8-11/h5-8H,2-4,9,14H2,1H3,(H,15,17). The molecule has 0 saturated carbocycles. The number of hydrogen-bond donors (Lipinski definition) is 2. The largest absolute Gasteiger partial charge is 0.372 e. The predicted octanol–water partition coefficient (Wildman–Crippen LogP) is 1.42. The van der Waals surface area contributed by atoms with Crippen molar-refractivity contribution in [2.45, 2.75) is 19.8 Å². The van der Waals surface area contributed by atoms with Crippen molar-refractivity contribution in [3.05, 3.63) is 30.1 Å². The van der Waals surface area contributed by atoms with Crippen molar-refractivity contribution >= 4 is 11.6 Å². The zero-order chi connectivity index (χ0) is 12.7. The summed E-state index contributed by atoms with van der Waals surface area (Å²) < 4.78 is 12.8. The van der Waals surface area contributed by atoms with Crippen molar-refractivity contribution < 1.29 is 9.18 Å². The fourth-order valence-corrected chi connectivity index (χ4v) is 1.62. The van der Waals surface area contributed by atoms with Crippen molar-refractivity contribution in [1.29, 1.82) is 0 Å². The minimum absolute atomic E-state index is 0.167. The number of anilines is 1. The van der Waals surface area contributed by atoms with E-state index in [0.717, 1.165) is 18.8 Å². The minimum atomic E-state index is -0.243. The first-order chi connectivity index (χ1) is 8.17. The Morgan fingerprint density at radius 1 is 1.41 bits per heavy atom. The third-order valence-corrected chi connectivity index (χ3v) is 2.57. The van der Waals surface area contributed by atoms with Gasteiger partial charge in [0.2, 0.25) is 5.91 Å². The smallest absolute Gasteiger partial charge is 0.233 e. The third-order valence-electron chi connectivity index (χ3n) is 2.57. The van der Waals surface area contributed by atoms with E-state index < -0.39 is 0 Å². The molecule has 1 rings (SSSR count). The maximum atomic E-state index is 12.8. The Labute approximate surface area is 101 Å². The molecule has 1 aromatic rings. The van der Waals surface area contributed by atoms with E-state index in [0.29, 0.717) is 12.8 Å². The van der Waals surface area contributed by atoms with Gasteiger partial charge < -0.3 is 4.90 Å². The zero-order valence-electron chi connectivity index (χ0n) is 9.95. The maximum absolute atomic E-state index is 12.8. The van der Waals surface area contributed by atoms with Crippen LogP contribution in [0.4, 0.5) is 10.1 Å². The van der Waals surface area contributed by atoms with Gasteiger partial charge in [-0.3, -0.25) is 10.2 Å². The number of rotatable bonds is 6. The van der Waals surface area contributed by atoms with Crippen LogP contribution in [-0.2, 0) is 4.79 Å². The van der Waals surface area contributed by atoms with Crippen molar-refractivity contribution in [1.82, 2.24) is 5.43 Å². The highest BCUT2D eigenvalue weighted by Gasteiger charge is 2.05. The van der Waals surface area contributed by atoms with Gasteiger partial charge in [-0.2, -0.15) is 0 Å². The monoisotopic (exact) mass is 239 g/mol. The molecule has 0 bridgehead atoms. The molecule has 0 aromatic heterocycles. The van der Waals surface area contributed by atoms with Crippen molar-refractivity contribution in [3.8, 4) is 0 Å². The maximum Gasteiger partial charge on any atom is 0.233 e. The van der Waals surface area contributed by atoms with Gasteiger partial charge in [0.25, 0.3) is 0 Å². The SMILES string of the molecule is CCN(CCCC(=O)NN)c1ccc(F)cc1. The molecular formula is C12H18FN3O. The Morgan fingerprint density at radius 3 is 2.59 bits per heavy atom. The Balaban J connectivity index is 2.48. The molecule has 1 amide bonds. The van der Waals surface area contributed by atoms with Gasteiger partial charge in [0.15, 0.2) is 0 Å². The first-order valence-electron chi connectivity index (χ1n) is 5.67. The van der Waals surface area contributed by atoms with Crippen LogP contribution in [0.1, 0.15) is 19.8 Å². The Hall–Kier alpha value is -1.62. The molecule has 0 atom stereocenters. The molecule has 1 aromatic carbocycles. The van der Waals surface area contributed by atoms with Crippen molar-refractivity contribution in [2.75, 3.05) is 18.0 Å². The number of carbonyl (C=O) groups is 1. The van der Waals surface area contributed by atoms with Crippen LogP contribution in [0, 0.1) is 5.82 Å². The topological polar surface area (TPSA) is 58.4 Å². The molecule has 0 spiro atoms. The molecule has 5 heteroatoms. The molecule has 0 aliphatic heterocycles. The Bertz CT molecular complexity index is 353. The number of amides is 1. The second-order valence-electron chi connectivity index (χ2n) is 3.73. The molecule has 0 fully saturated rings. The minimum Gasteiger partial charge on any atom is -0.372 e. The highest BCUT2D eigenvalue weighted by atomic mass is 19.1. The van der Waals surface area contributed by atoms with Gasteiger partial charge in [0, 0.05) is 25.2 Å². The first kappa shape index (κ1) is 13.4. The number of hydrogen-bond acceptors (Lipinski definition) is 3. The summed E-state index contributed by atoms with van der Waals surface area (Å²) in [6.07, 6.45) is 1.11. The number of nitrogens with two attached hydrogens (primary N) is 1. The number of nitrogens with zero attached hydrogens (tertiary/aromatic N) is 1. The zero-order valence-corrected chi connectivity index (χ0v) is 9.95. The molecule has 0 radical (unpaired) electrons. The van der Waals surface area contributed by atoms with Crippen LogP contribution < -0.4 is 16.2 Å². The summed E-state index contributed by atoms with van der Waals surface area (Å²) in [6.45, 7) is 3.58. The van der Waals surface area contributed by atoms with E-state index in [1.807, 2.05) is 6.92 Å². The van der Waals surface area contributed by atoms with Gasteiger partial charge in [-0.1, -0.05) is 0 Å². The molecule has 94 valence electrons. The lowest BCUT2D eigenvalue weighted by Gasteiger charge is -2.22. The number of benzene rings is 1. The van der Waals surface area contributed by atoms with E-state index in [1.165, 1.54) is 12.1 Å². The van der Waals surface area contributed by atoms with Crippen LogP contribution in [0.5, 0.6) is 0 Å². The van der Waals surface area contributed by atoms with Crippen molar-refractivity contribution in [3.63, 3.8) is 0 Å². The van der Waals surface area contributed by atoms with E-state index in [4.69, 9.17) is 5.84 Å². The summed E-state index contributed by atoms with van der Waals surface area (Å²) in [7, 11) is 0. The fourth-order valence-electron chi connectivity index (χ4n) is 1.62. The lowest BCUT2D eigenvalue weighted by Crippen LogP contribution is -2.31. The van der Waals surface area contributed by atoms with Crippen molar-refractivity contribution in [2.24, 2.45) is 5.84 Å². The van der Waals surface area contributed by atoms with Gasteiger partial charge in [-0.25, -0.2) is 10.2 Å². The Kier molecular flexibility index (Phi) is 5.42. The summed E-state index contributed by atoms with van der Waals surface area (Å²) in [4.78, 5) is 13.0.